The van der Waals surface area contributed by atoms with Crippen LogP contribution < -0.4 is 4.90 Å². The zero-order chi connectivity index (χ0) is 13.0. The van der Waals surface area contributed by atoms with E-state index in [1.165, 1.54) is 6.42 Å². The molecule has 6 heteroatoms. The van der Waals surface area contributed by atoms with Gasteiger partial charge in [-0.25, -0.2) is 5.10 Å². The minimum absolute atomic E-state index is 0.338. The largest absolute Gasteiger partial charge is 0.376 e. The SMILES string of the molecule is CCCn1c(N(CC)CC2CCCO2)n[nH]c1=S. The molecule has 1 aromatic heterocycles. The van der Waals surface area contributed by atoms with Crippen LogP contribution in [0.25, 0.3) is 0 Å². The molecule has 0 aliphatic carbocycles. The van der Waals surface area contributed by atoms with E-state index >= 15 is 0 Å². The summed E-state index contributed by atoms with van der Waals surface area (Å²) in [5, 5.41) is 7.26. The topological polar surface area (TPSA) is 46.1 Å². The predicted octanol–water partition coefficient (Wildman–Crippen LogP) is 2.36. The highest BCUT2D eigenvalue weighted by Crippen LogP contribution is 2.18. The number of aromatic amines is 1. The Morgan fingerprint density at radius 1 is 1.56 bits per heavy atom. The van der Waals surface area contributed by atoms with Gasteiger partial charge >= 0.3 is 0 Å². The summed E-state index contributed by atoms with van der Waals surface area (Å²) in [6, 6.07) is 0. The number of nitrogens with zero attached hydrogens (tertiary/aromatic N) is 3. The summed E-state index contributed by atoms with van der Waals surface area (Å²) >= 11 is 5.28. The Hall–Kier alpha value is -0.880. The first-order valence-corrected chi connectivity index (χ1v) is 7.18. The van der Waals surface area contributed by atoms with Crippen LogP contribution >= 0.6 is 12.2 Å². The molecule has 2 rings (SSSR count). The zero-order valence-electron chi connectivity index (χ0n) is 11.2. The predicted molar refractivity (Wildman–Crippen MR) is 74.6 cm³/mol. The summed E-state index contributed by atoms with van der Waals surface area (Å²) in [6.45, 7) is 7.91. The van der Waals surface area contributed by atoms with Crippen molar-refractivity contribution in [3.05, 3.63) is 4.77 Å². The lowest BCUT2D eigenvalue weighted by molar-refractivity contribution is 0.115. The third-order valence-electron chi connectivity index (χ3n) is 3.30. The number of rotatable bonds is 6. The highest BCUT2D eigenvalue weighted by molar-refractivity contribution is 7.71. The Balaban J connectivity index is 2.13. The number of anilines is 1. The van der Waals surface area contributed by atoms with E-state index in [2.05, 4.69) is 33.5 Å². The minimum Gasteiger partial charge on any atom is -0.376 e. The van der Waals surface area contributed by atoms with E-state index in [9.17, 15) is 0 Å². The van der Waals surface area contributed by atoms with Gasteiger partial charge in [0.2, 0.25) is 5.95 Å². The number of H-pyrrole nitrogens is 1. The van der Waals surface area contributed by atoms with Gasteiger partial charge in [-0.3, -0.25) is 4.57 Å². The summed E-state index contributed by atoms with van der Waals surface area (Å²) < 4.78 is 8.48. The molecule has 1 aliphatic rings. The second kappa shape index (κ2) is 6.33. The highest BCUT2D eigenvalue weighted by atomic mass is 32.1. The van der Waals surface area contributed by atoms with Crippen LogP contribution in [-0.2, 0) is 11.3 Å². The van der Waals surface area contributed by atoms with E-state index in [1.807, 2.05) is 0 Å². The minimum atomic E-state index is 0.338. The van der Waals surface area contributed by atoms with Crippen molar-refractivity contribution >= 4 is 18.2 Å². The summed E-state index contributed by atoms with van der Waals surface area (Å²) in [5.41, 5.74) is 0. The molecule has 1 aromatic rings. The van der Waals surface area contributed by atoms with Crippen molar-refractivity contribution in [2.75, 3.05) is 24.6 Å². The van der Waals surface area contributed by atoms with Crippen LogP contribution in [0.1, 0.15) is 33.1 Å². The van der Waals surface area contributed by atoms with Gasteiger partial charge in [-0.1, -0.05) is 6.92 Å². The van der Waals surface area contributed by atoms with Crippen LogP contribution in [0.15, 0.2) is 0 Å². The lowest BCUT2D eigenvalue weighted by Crippen LogP contribution is -2.34. The molecule has 1 N–H and O–H groups in total. The third-order valence-corrected chi connectivity index (χ3v) is 3.61. The van der Waals surface area contributed by atoms with Crippen LogP contribution in [0.3, 0.4) is 0 Å². The smallest absolute Gasteiger partial charge is 0.225 e. The summed E-state index contributed by atoms with van der Waals surface area (Å²) in [7, 11) is 0. The molecule has 0 spiro atoms. The van der Waals surface area contributed by atoms with Crippen LogP contribution in [-0.4, -0.2) is 40.6 Å². The van der Waals surface area contributed by atoms with E-state index in [4.69, 9.17) is 17.0 Å². The average molecular weight is 270 g/mol. The molecular weight excluding hydrogens is 248 g/mol. The first-order valence-electron chi connectivity index (χ1n) is 6.78. The summed E-state index contributed by atoms with van der Waals surface area (Å²) in [5.74, 6) is 0.944. The standard InChI is InChI=1S/C12H22N4OS/c1-3-7-16-11(13-14-12(16)18)15(4-2)9-10-6-5-8-17-10/h10H,3-9H2,1-2H3,(H,14,18). The highest BCUT2D eigenvalue weighted by Gasteiger charge is 2.21. The monoisotopic (exact) mass is 270 g/mol. The Labute approximate surface area is 113 Å². The van der Waals surface area contributed by atoms with Gasteiger partial charge in [0, 0.05) is 26.2 Å². The van der Waals surface area contributed by atoms with Crippen LogP contribution in [0.4, 0.5) is 5.95 Å². The summed E-state index contributed by atoms with van der Waals surface area (Å²) in [6.07, 6.45) is 3.71. The molecule has 0 aromatic carbocycles. The normalized spacial score (nSPS) is 19.3. The van der Waals surface area contributed by atoms with E-state index in [1.54, 1.807) is 0 Å². The molecule has 1 unspecified atom stereocenters. The lowest BCUT2D eigenvalue weighted by atomic mass is 10.2. The van der Waals surface area contributed by atoms with Crippen LogP contribution in [0, 0.1) is 4.77 Å². The summed E-state index contributed by atoms with van der Waals surface area (Å²) in [4.78, 5) is 2.25. The van der Waals surface area contributed by atoms with Gasteiger partial charge in [-0.05, 0) is 38.4 Å². The van der Waals surface area contributed by atoms with Crippen molar-refractivity contribution in [1.29, 1.82) is 0 Å². The van der Waals surface area contributed by atoms with Gasteiger partial charge in [0.1, 0.15) is 0 Å². The average Bonchev–Trinajstić information content (AvgIpc) is 2.99. The maximum Gasteiger partial charge on any atom is 0.225 e. The van der Waals surface area contributed by atoms with Crippen molar-refractivity contribution in [3.8, 4) is 0 Å². The fraction of sp³-hybridized carbons (Fsp3) is 0.833. The van der Waals surface area contributed by atoms with Gasteiger partial charge < -0.3 is 9.64 Å². The maximum absolute atomic E-state index is 5.70. The first kappa shape index (κ1) is 13.5. The first-order chi connectivity index (χ1) is 8.76. The number of nitrogens with one attached hydrogen (secondary N) is 1. The van der Waals surface area contributed by atoms with Crippen molar-refractivity contribution < 1.29 is 4.74 Å². The molecule has 0 amide bonds. The molecule has 1 aliphatic heterocycles. The second-order valence-electron chi connectivity index (χ2n) is 4.65. The van der Waals surface area contributed by atoms with E-state index in [-0.39, 0.29) is 0 Å². The molecule has 102 valence electrons. The van der Waals surface area contributed by atoms with Gasteiger partial charge in [0.25, 0.3) is 0 Å². The lowest BCUT2D eigenvalue weighted by Gasteiger charge is -2.24. The van der Waals surface area contributed by atoms with E-state index < -0.39 is 0 Å². The fourth-order valence-corrected chi connectivity index (χ4v) is 2.58. The number of ether oxygens (including phenoxy) is 1. The van der Waals surface area contributed by atoms with Crippen molar-refractivity contribution in [3.63, 3.8) is 0 Å². The Kier molecular flexibility index (Phi) is 4.77. The molecule has 1 fully saturated rings. The quantitative estimate of drug-likeness (QED) is 0.806. The Bertz CT molecular complexity index is 422. The number of hydrogen-bond acceptors (Lipinski definition) is 4. The Morgan fingerprint density at radius 2 is 2.39 bits per heavy atom. The molecular formula is C12H22N4OS. The van der Waals surface area contributed by atoms with Gasteiger partial charge in [0.05, 0.1) is 6.10 Å². The number of aromatic nitrogens is 3. The molecule has 1 atom stereocenters. The molecule has 1 saturated heterocycles. The number of hydrogen-bond donors (Lipinski definition) is 1. The molecule has 0 bridgehead atoms. The van der Waals surface area contributed by atoms with Gasteiger partial charge in [-0.15, -0.1) is 5.10 Å². The molecule has 18 heavy (non-hydrogen) atoms. The number of likely N-dealkylation sites (N-methyl/N-ethyl adjacent to an activating group) is 1. The van der Waals surface area contributed by atoms with E-state index in [0.29, 0.717) is 10.9 Å². The van der Waals surface area contributed by atoms with Gasteiger partial charge in [-0.2, -0.15) is 0 Å². The van der Waals surface area contributed by atoms with E-state index in [0.717, 1.165) is 45.0 Å². The zero-order valence-corrected chi connectivity index (χ0v) is 12.0. The Morgan fingerprint density at radius 3 is 3.00 bits per heavy atom. The maximum atomic E-state index is 5.70. The second-order valence-corrected chi connectivity index (χ2v) is 5.04. The molecule has 5 nitrogen and oxygen atoms in total. The molecule has 2 heterocycles. The third kappa shape index (κ3) is 2.92. The van der Waals surface area contributed by atoms with Gasteiger partial charge in [0.15, 0.2) is 4.77 Å². The fourth-order valence-electron chi connectivity index (χ4n) is 2.36. The van der Waals surface area contributed by atoms with Crippen molar-refractivity contribution in [2.24, 2.45) is 0 Å². The van der Waals surface area contributed by atoms with Crippen LogP contribution in [0.2, 0.25) is 0 Å². The van der Waals surface area contributed by atoms with Crippen LogP contribution in [0.5, 0.6) is 0 Å². The molecule has 0 radical (unpaired) electrons. The molecule has 0 saturated carbocycles. The van der Waals surface area contributed by atoms with Crippen molar-refractivity contribution in [1.82, 2.24) is 14.8 Å². The van der Waals surface area contributed by atoms with Crippen molar-refractivity contribution in [2.45, 2.75) is 45.8 Å².